The van der Waals surface area contributed by atoms with Gasteiger partial charge in [-0.1, -0.05) is 24.3 Å². The van der Waals surface area contributed by atoms with Gasteiger partial charge < -0.3 is 9.64 Å². The highest BCUT2D eigenvalue weighted by atomic mass is 16.5. The first-order valence-corrected chi connectivity index (χ1v) is 8.12. The summed E-state index contributed by atoms with van der Waals surface area (Å²) in [5.41, 5.74) is 2.50. The molecule has 0 bridgehead atoms. The molecule has 4 nitrogen and oxygen atoms in total. The van der Waals surface area contributed by atoms with E-state index in [4.69, 9.17) is 4.74 Å². The zero-order valence-electron chi connectivity index (χ0n) is 14.0. The third kappa shape index (κ3) is 3.32. The van der Waals surface area contributed by atoms with E-state index in [2.05, 4.69) is 12.1 Å². The maximum Gasteiger partial charge on any atom is 0.253 e. The van der Waals surface area contributed by atoms with Crippen LogP contribution in [0.25, 0.3) is 0 Å². The molecular formula is C20H21NO3. The number of hydrogen-bond acceptors (Lipinski definition) is 3. The summed E-state index contributed by atoms with van der Waals surface area (Å²) in [4.78, 5) is 25.8. The molecule has 2 aromatic carbocycles. The average Bonchev–Trinajstić information content (AvgIpc) is 3.11. The Morgan fingerprint density at radius 1 is 1.00 bits per heavy atom. The Bertz CT molecular complexity index is 734. The Morgan fingerprint density at radius 2 is 1.62 bits per heavy atom. The molecule has 1 amide bonds. The minimum absolute atomic E-state index is 0.00902. The molecule has 1 aliphatic rings. The number of ether oxygens (including phenoxy) is 1. The van der Waals surface area contributed by atoms with Gasteiger partial charge in [-0.25, -0.2) is 0 Å². The molecule has 0 radical (unpaired) electrons. The van der Waals surface area contributed by atoms with Gasteiger partial charge in [-0.15, -0.1) is 0 Å². The van der Waals surface area contributed by atoms with Gasteiger partial charge in [0.1, 0.15) is 5.75 Å². The lowest BCUT2D eigenvalue weighted by molar-refractivity contribution is 0.0790. The summed E-state index contributed by atoms with van der Waals surface area (Å²) in [5.74, 6) is 1.24. The van der Waals surface area contributed by atoms with Crippen molar-refractivity contribution in [2.24, 2.45) is 0 Å². The summed E-state index contributed by atoms with van der Waals surface area (Å²) in [6, 6.07) is 15.0. The molecule has 124 valence electrons. The summed E-state index contributed by atoms with van der Waals surface area (Å²) in [7, 11) is 1.66. The SMILES string of the molecule is COc1ccc(C2CCN(C(=O)c3ccc(C(C)=O)cc3)C2)cc1. The van der Waals surface area contributed by atoms with Crippen molar-refractivity contribution in [3.63, 3.8) is 0 Å². The first-order chi connectivity index (χ1) is 11.6. The van der Waals surface area contributed by atoms with Crippen molar-refractivity contribution in [1.29, 1.82) is 0 Å². The van der Waals surface area contributed by atoms with Gasteiger partial charge in [0, 0.05) is 30.1 Å². The Balaban J connectivity index is 1.67. The molecule has 0 N–H and O–H groups in total. The van der Waals surface area contributed by atoms with Crippen LogP contribution in [0.5, 0.6) is 5.75 Å². The Kier molecular flexibility index (Phi) is 4.65. The summed E-state index contributed by atoms with van der Waals surface area (Å²) < 4.78 is 5.19. The molecule has 24 heavy (non-hydrogen) atoms. The number of hydrogen-bond donors (Lipinski definition) is 0. The lowest BCUT2D eigenvalue weighted by Gasteiger charge is -2.17. The first kappa shape index (κ1) is 16.2. The second-order valence-electron chi connectivity index (χ2n) is 6.14. The lowest BCUT2D eigenvalue weighted by Crippen LogP contribution is -2.28. The number of carbonyl (C=O) groups excluding carboxylic acids is 2. The predicted octanol–water partition coefficient (Wildman–Crippen LogP) is 3.53. The Morgan fingerprint density at radius 3 is 2.21 bits per heavy atom. The van der Waals surface area contributed by atoms with Gasteiger partial charge in [-0.3, -0.25) is 9.59 Å². The standard InChI is InChI=1S/C20H21NO3/c1-14(22)15-3-5-17(6-4-15)20(23)21-12-11-18(13-21)16-7-9-19(24-2)10-8-16/h3-10,18H,11-13H2,1-2H3. The summed E-state index contributed by atoms with van der Waals surface area (Å²) in [6.07, 6.45) is 0.962. The molecule has 1 saturated heterocycles. The first-order valence-electron chi connectivity index (χ1n) is 8.12. The van der Waals surface area contributed by atoms with E-state index >= 15 is 0 Å². The van der Waals surface area contributed by atoms with Crippen molar-refractivity contribution in [1.82, 2.24) is 4.90 Å². The molecule has 2 aromatic rings. The maximum atomic E-state index is 12.6. The zero-order chi connectivity index (χ0) is 17.1. The van der Waals surface area contributed by atoms with Crippen LogP contribution in [-0.4, -0.2) is 36.8 Å². The molecule has 0 spiro atoms. The number of nitrogens with zero attached hydrogens (tertiary/aromatic N) is 1. The van der Waals surface area contributed by atoms with E-state index in [1.54, 1.807) is 31.4 Å². The van der Waals surface area contributed by atoms with Gasteiger partial charge in [0.2, 0.25) is 0 Å². The van der Waals surface area contributed by atoms with Crippen LogP contribution in [0.3, 0.4) is 0 Å². The van der Waals surface area contributed by atoms with Crippen molar-refractivity contribution in [2.75, 3.05) is 20.2 Å². The highest BCUT2D eigenvalue weighted by molar-refractivity contribution is 5.97. The summed E-state index contributed by atoms with van der Waals surface area (Å²) in [6.45, 7) is 3.00. The Hall–Kier alpha value is -2.62. The predicted molar refractivity (Wildman–Crippen MR) is 92.7 cm³/mol. The summed E-state index contributed by atoms with van der Waals surface area (Å²) >= 11 is 0. The molecule has 0 saturated carbocycles. The number of Topliss-reactive ketones (excluding diaryl/α,β-unsaturated/α-hetero) is 1. The molecule has 1 fully saturated rings. The third-order valence-corrected chi connectivity index (χ3v) is 4.60. The van der Waals surface area contributed by atoms with Crippen LogP contribution in [0.4, 0.5) is 0 Å². The Labute approximate surface area is 142 Å². The van der Waals surface area contributed by atoms with Crippen LogP contribution in [-0.2, 0) is 0 Å². The van der Waals surface area contributed by atoms with E-state index in [-0.39, 0.29) is 11.7 Å². The van der Waals surface area contributed by atoms with Crippen LogP contribution in [0.2, 0.25) is 0 Å². The van der Waals surface area contributed by atoms with Crippen molar-refractivity contribution >= 4 is 11.7 Å². The number of rotatable bonds is 4. The van der Waals surface area contributed by atoms with Crippen LogP contribution in [0.15, 0.2) is 48.5 Å². The number of likely N-dealkylation sites (tertiary alicyclic amines) is 1. The van der Waals surface area contributed by atoms with Crippen molar-refractivity contribution in [3.05, 3.63) is 65.2 Å². The van der Waals surface area contributed by atoms with E-state index in [1.807, 2.05) is 17.0 Å². The van der Waals surface area contributed by atoms with Crippen molar-refractivity contribution < 1.29 is 14.3 Å². The molecule has 3 rings (SSSR count). The van der Waals surface area contributed by atoms with Gasteiger partial charge in [0.05, 0.1) is 7.11 Å². The van der Waals surface area contributed by atoms with Crippen LogP contribution in [0.1, 0.15) is 45.5 Å². The van der Waals surface area contributed by atoms with Gasteiger partial charge in [0.25, 0.3) is 5.91 Å². The van der Waals surface area contributed by atoms with Gasteiger partial charge in [-0.2, -0.15) is 0 Å². The highest BCUT2D eigenvalue weighted by Crippen LogP contribution is 2.29. The van der Waals surface area contributed by atoms with E-state index in [0.29, 0.717) is 17.0 Å². The summed E-state index contributed by atoms with van der Waals surface area (Å²) in [5, 5.41) is 0. The van der Waals surface area contributed by atoms with E-state index in [9.17, 15) is 9.59 Å². The minimum atomic E-state index is 0.00902. The molecule has 1 aliphatic heterocycles. The van der Waals surface area contributed by atoms with Gasteiger partial charge in [0.15, 0.2) is 5.78 Å². The second-order valence-corrected chi connectivity index (χ2v) is 6.14. The minimum Gasteiger partial charge on any atom is -0.497 e. The number of benzene rings is 2. The topological polar surface area (TPSA) is 46.6 Å². The fourth-order valence-corrected chi connectivity index (χ4v) is 3.12. The molecule has 0 aromatic heterocycles. The molecule has 4 heteroatoms. The number of ketones is 1. The number of amides is 1. The van der Waals surface area contributed by atoms with Crippen molar-refractivity contribution in [3.8, 4) is 5.75 Å². The van der Waals surface area contributed by atoms with Crippen LogP contribution >= 0.6 is 0 Å². The van der Waals surface area contributed by atoms with E-state index in [0.717, 1.165) is 25.3 Å². The van der Waals surface area contributed by atoms with Crippen molar-refractivity contribution in [2.45, 2.75) is 19.3 Å². The molecular weight excluding hydrogens is 302 g/mol. The number of methoxy groups -OCH3 is 1. The quantitative estimate of drug-likeness (QED) is 0.809. The molecule has 1 unspecified atom stereocenters. The van der Waals surface area contributed by atoms with Gasteiger partial charge >= 0.3 is 0 Å². The molecule has 0 aliphatic carbocycles. The van der Waals surface area contributed by atoms with E-state index < -0.39 is 0 Å². The second kappa shape index (κ2) is 6.87. The van der Waals surface area contributed by atoms with Gasteiger partial charge in [-0.05, 0) is 43.2 Å². The zero-order valence-corrected chi connectivity index (χ0v) is 14.0. The molecule has 1 heterocycles. The normalized spacial score (nSPS) is 16.9. The lowest BCUT2D eigenvalue weighted by atomic mass is 9.98. The highest BCUT2D eigenvalue weighted by Gasteiger charge is 2.28. The van der Waals surface area contributed by atoms with Crippen LogP contribution in [0, 0.1) is 0 Å². The van der Waals surface area contributed by atoms with E-state index in [1.165, 1.54) is 12.5 Å². The smallest absolute Gasteiger partial charge is 0.253 e. The fraction of sp³-hybridized carbons (Fsp3) is 0.300. The monoisotopic (exact) mass is 323 g/mol. The number of carbonyl (C=O) groups is 2. The third-order valence-electron chi connectivity index (χ3n) is 4.60. The largest absolute Gasteiger partial charge is 0.497 e. The maximum absolute atomic E-state index is 12.6. The van der Waals surface area contributed by atoms with Crippen LogP contribution < -0.4 is 4.74 Å². The molecule has 1 atom stereocenters. The fourth-order valence-electron chi connectivity index (χ4n) is 3.12. The average molecular weight is 323 g/mol.